The lowest BCUT2D eigenvalue weighted by molar-refractivity contribution is -0.138. The molecule has 0 aromatic carbocycles. The minimum absolute atomic E-state index is 0.00953. The summed E-state index contributed by atoms with van der Waals surface area (Å²) in [7, 11) is 0.483. The molecule has 0 aromatic rings. The van der Waals surface area contributed by atoms with E-state index in [-0.39, 0.29) is 64.8 Å². The zero-order chi connectivity index (χ0) is 54.4. The number of carbonyl (C=O) groups excluding carboxylic acids is 10. The molecular formula is C54H94BrO14P. The van der Waals surface area contributed by atoms with Crippen molar-refractivity contribution in [3.63, 3.8) is 0 Å². The normalized spacial score (nSPS) is 14.7. The highest BCUT2D eigenvalue weighted by Gasteiger charge is 2.56. The quantitative estimate of drug-likeness (QED) is 0.0196. The van der Waals surface area contributed by atoms with Crippen LogP contribution in [0, 0.1) is 16.2 Å². The first-order chi connectivity index (χ1) is 32.9. The highest BCUT2D eigenvalue weighted by Crippen LogP contribution is 2.54. The molecule has 406 valence electrons. The van der Waals surface area contributed by atoms with Gasteiger partial charge in [-0.3, -0.25) is 47.7 Å². The third-order valence-corrected chi connectivity index (χ3v) is 14.9. The van der Waals surface area contributed by atoms with E-state index in [0.717, 1.165) is 116 Å². The molecule has 3 fully saturated rings. The first kappa shape index (κ1) is 71.4. The number of esters is 1. The third-order valence-electron chi connectivity index (χ3n) is 12.6. The van der Waals surface area contributed by atoms with E-state index >= 15 is 0 Å². The average Bonchev–Trinajstić information content (AvgIpc) is 4.18. The molecule has 0 radical (unpaired) electrons. The van der Waals surface area contributed by atoms with Gasteiger partial charge in [-0.25, -0.2) is 0 Å². The molecule has 3 rings (SSSR count). The van der Waals surface area contributed by atoms with Crippen LogP contribution in [0.15, 0.2) is 0 Å². The van der Waals surface area contributed by atoms with Crippen LogP contribution in [0.3, 0.4) is 0 Å². The van der Waals surface area contributed by atoms with Gasteiger partial charge >= 0.3 is 13.6 Å². The molecule has 0 N–H and O–H groups in total. The first-order valence-electron chi connectivity index (χ1n) is 25.9. The van der Waals surface area contributed by atoms with Crippen LogP contribution in [-0.2, 0) is 66.3 Å². The van der Waals surface area contributed by atoms with Crippen LogP contribution in [0.25, 0.3) is 0 Å². The van der Waals surface area contributed by atoms with Crippen molar-refractivity contribution in [3.05, 3.63) is 0 Å². The predicted molar refractivity (Wildman–Crippen MR) is 280 cm³/mol. The molecule has 0 spiro atoms. The van der Waals surface area contributed by atoms with E-state index in [1.54, 1.807) is 13.8 Å². The molecule has 0 amide bonds. The molecule has 0 aromatic heterocycles. The number of rotatable bonds is 33. The molecule has 3 saturated carbocycles. The Balaban J connectivity index is -0.000000800. The third kappa shape index (κ3) is 31.6. The molecular weight excluding hydrogens is 983 g/mol. The molecule has 0 bridgehead atoms. The highest BCUT2D eigenvalue weighted by molar-refractivity contribution is 9.09. The molecule has 14 nitrogen and oxygen atoms in total. The fourth-order valence-corrected chi connectivity index (χ4v) is 8.77. The fraction of sp³-hybridized carbons (Fsp3) is 0.815. The Labute approximate surface area is 430 Å². The second kappa shape index (κ2) is 40.6. The van der Waals surface area contributed by atoms with E-state index in [1.807, 2.05) is 0 Å². The van der Waals surface area contributed by atoms with Gasteiger partial charge in [0.1, 0.15) is 46.6 Å². The summed E-state index contributed by atoms with van der Waals surface area (Å²) in [6.07, 6.45) is 22.9. The van der Waals surface area contributed by atoms with Crippen LogP contribution >= 0.6 is 23.5 Å². The van der Waals surface area contributed by atoms with Crippen molar-refractivity contribution < 1.29 is 66.3 Å². The van der Waals surface area contributed by atoms with Crippen molar-refractivity contribution >= 4 is 81.5 Å². The van der Waals surface area contributed by atoms with Crippen molar-refractivity contribution in [3.8, 4) is 0 Å². The van der Waals surface area contributed by atoms with Crippen LogP contribution in [0.5, 0.6) is 0 Å². The van der Waals surface area contributed by atoms with E-state index in [0.29, 0.717) is 49.6 Å². The first-order valence-corrected chi connectivity index (χ1v) is 28.8. The van der Waals surface area contributed by atoms with Crippen molar-refractivity contribution in [2.24, 2.45) is 16.2 Å². The largest absolute Gasteiger partial charge is 0.469 e. The number of methoxy groups -OCH3 is 1. The van der Waals surface area contributed by atoms with Gasteiger partial charge in [-0.05, 0) is 91.4 Å². The van der Waals surface area contributed by atoms with Gasteiger partial charge in [0.15, 0.2) is 11.6 Å². The summed E-state index contributed by atoms with van der Waals surface area (Å²) in [5.74, 6) is 0.364. The Bertz CT molecular complexity index is 1650. The lowest BCUT2D eigenvalue weighted by atomic mass is 9.92. The number of ether oxygens (including phenoxy) is 1. The van der Waals surface area contributed by atoms with Crippen molar-refractivity contribution in [2.75, 3.05) is 32.8 Å². The minimum Gasteiger partial charge on any atom is -0.469 e. The molecule has 0 atom stereocenters. The number of carbonyl (C=O) groups is 10. The lowest BCUT2D eigenvalue weighted by Crippen LogP contribution is -2.28. The van der Waals surface area contributed by atoms with E-state index in [2.05, 4.69) is 55.3 Å². The standard InChI is InChI=1S/C13H23O5P.C11H17BrO2.C11H18O2.C9H16O2.C7H14O.C3H6O2/c1-4-5-6-7-11(14)13(8-9-13)12(15)10-19(16,17-2)18-3;1-2-3-4-5-9(13)11(6-7-11)10(14)8-12;1-3-4-5-6-10(13)11(7-8-11)9(2)12;1-3-4-5-6-9(11)7-8(2)10;1-3-4-5-6-7(2)8;1-3(4)5-2/h4-10H2,1-3H3;2-8H2,1H3;3-8H2,1-2H3;3-7H2,1-2H3;3-6H2,1-2H3;1-2H3. The summed E-state index contributed by atoms with van der Waals surface area (Å²) in [6.45, 7) is 16.5. The zero-order valence-corrected chi connectivity index (χ0v) is 48.0. The molecule has 70 heavy (non-hydrogen) atoms. The summed E-state index contributed by atoms with van der Waals surface area (Å²) in [5.41, 5.74) is -1.97. The average molecular weight is 1080 g/mol. The summed E-state index contributed by atoms with van der Waals surface area (Å²) < 4.78 is 25.6. The van der Waals surface area contributed by atoms with Crippen LogP contribution in [0.2, 0.25) is 0 Å². The molecule has 0 saturated heterocycles. The Morgan fingerprint density at radius 3 is 1.01 bits per heavy atom. The van der Waals surface area contributed by atoms with Crippen molar-refractivity contribution in [2.45, 2.75) is 236 Å². The van der Waals surface area contributed by atoms with Crippen molar-refractivity contribution in [1.82, 2.24) is 0 Å². The summed E-state index contributed by atoms with van der Waals surface area (Å²) in [6, 6.07) is 0. The molecule has 0 aliphatic heterocycles. The van der Waals surface area contributed by atoms with Crippen LogP contribution in [0.1, 0.15) is 236 Å². The van der Waals surface area contributed by atoms with Gasteiger partial charge in [0.05, 0.1) is 35.1 Å². The van der Waals surface area contributed by atoms with Gasteiger partial charge in [-0.1, -0.05) is 115 Å². The Hall–Kier alpha value is -2.87. The zero-order valence-electron chi connectivity index (χ0n) is 45.5. The topological polar surface area (TPSA) is 215 Å². The van der Waals surface area contributed by atoms with E-state index in [9.17, 15) is 52.5 Å². The molecule has 16 heteroatoms. The second-order valence-corrected chi connectivity index (χ2v) is 21.6. The van der Waals surface area contributed by atoms with Gasteiger partial charge in [0.25, 0.3) is 0 Å². The maximum Gasteiger partial charge on any atom is 0.337 e. The lowest BCUT2D eigenvalue weighted by Gasteiger charge is -2.17. The van der Waals surface area contributed by atoms with Gasteiger partial charge in [-0.15, -0.1) is 0 Å². The van der Waals surface area contributed by atoms with E-state index in [1.165, 1.54) is 48.0 Å². The number of unbranched alkanes of at least 4 members (excludes halogenated alkanes) is 10. The number of alkyl halides is 1. The van der Waals surface area contributed by atoms with E-state index in [4.69, 9.17) is 9.05 Å². The summed E-state index contributed by atoms with van der Waals surface area (Å²) in [4.78, 5) is 112. The number of hydrogen-bond donors (Lipinski definition) is 0. The van der Waals surface area contributed by atoms with Gasteiger partial charge in [0.2, 0.25) is 0 Å². The van der Waals surface area contributed by atoms with Crippen molar-refractivity contribution in [1.29, 1.82) is 0 Å². The molecule has 0 heterocycles. The maximum atomic E-state index is 12.2. The van der Waals surface area contributed by atoms with Gasteiger partial charge in [-0.2, -0.15) is 0 Å². The summed E-state index contributed by atoms with van der Waals surface area (Å²) >= 11 is 3.14. The number of ketones is 9. The predicted octanol–water partition coefficient (Wildman–Crippen LogP) is 12.8. The Morgan fingerprint density at radius 1 is 0.443 bits per heavy atom. The number of halogens is 1. The minimum atomic E-state index is -3.37. The molecule has 3 aliphatic rings. The van der Waals surface area contributed by atoms with E-state index < -0.39 is 23.8 Å². The Kier molecular flexibility index (Phi) is 41.4. The highest BCUT2D eigenvalue weighted by atomic mass is 79.9. The smallest absolute Gasteiger partial charge is 0.337 e. The second-order valence-electron chi connectivity index (χ2n) is 18.8. The van der Waals surface area contributed by atoms with Gasteiger partial charge < -0.3 is 18.6 Å². The number of Topliss-reactive ketones (excluding diaryl/α,β-unsaturated/α-hetero) is 9. The SMILES string of the molecule is CCCCCC(=O)C1(C(=O)CBr)CC1.CCCCCC(=O)C1(C(=O)CP(=O)(OC)OC)CC1.CCCCCC(=O)C1(C(C)=O)CC1.CCCCCC(=O)CC(C)=O.CCCCCC(C)=O.COC(C)=O. The molecule has 3 aliphatic carbocycles. The molecule has 0 unspecified atom stereocenters. The maximum absolute atomic E-state index is 12.2. The van der Waals surface area contributed by atoms with Crippen LogP contribution < -0.4 is 0 Å². The summed E-state index contributed by atoms with van der Waals surface area (Å²) in [5, 5.41) is 0.326. The Morgan fingerprint density at radius 2 is 0.757 bits per heavy atom. The van der Waals surface area contributed by atoms with Crippen LogP contribution in [0.4, 0.5) is 0 Å². The monoisotopic (exact) mass is 1080 g/mol. The van der Waals surface area contributed by atoms with Gasteiger partial charge in [0, 0.05) is 53.2 Å². The van der Waals surface area contributed by atoms with Crippen LogP contribution in [-0.4, -0.2) is 90.8 Å². The number of hydrogen-bond acceptors (Lipinski definition) is 14. The fourth-order valence-electron chi connectivity index (χ4n) is 7.17.